The van der Waals surface area contributed by atoms with Crippen LogP contribution in [0.2, 0.25) is 0 Å². The van der Waals surface area contributed by atoms with Crippen molar-refractivity contribution in [1.29, 1.82) is 0 Å². The summed E-state index contributed by atoms with van der Waals surface area (Å²) in [4.78, 5) is 36.1. The van der Waals surface area contributed by atoms with Crippen molar-refractivity contribution in [3.05, 3.63) is 35.7 Å². The van der Waals surface area contributed by atoms with Crippen LogP contribution < -0.4 is 35.3 Å². The quantitative estimate of drug-likeness (QED) is 0.377. The summed E-state index contributed by atoms with van der Waals surface area (Å²) in [6.45, 7) is 0.945. The summed E-state index contributed by atoms with van der Waals surface area (Å²) < 4.78 is 50.8. The fourth-order valence-corrected chi connectivity index (χ4v) is 4.32. The fraction of sp³-hybridized carbons (Fsp3) is 0.458. The van der Waals surface area contributed by atoms with Crippen LogP contribution >= 0.6 is 12.2 Å². The van der Waals surface area contributed by atoms with Crippen molar-refractivity contribution in [3.8, 4) is 11.8 Å². The van der Waals surface area contributed by atoms with E-state index >= 15 is 8.78 Å². The predicted octanol–water partition coefficient (Wildman–Crippen LogP) is 1.15. The van der Waals surface area contributed by atoms with E-state index in [1.807, 2.05) is 0 Å². The summed E-state index contributed by atoms with van der Waals surface area (Å²) in [7, 11) is 4.30. The van der Waals surface area contributed by atoms with Crippen LogP contribution in [-0.2, 0) is 16.0 Å². The van der Waals surface area contributed by atoms with Gasteiger partial charge in [-0.1, -0.05) is 0 Å². The Balaban J connectivity index is 1.36. The lowest BCUT2D eigenvalue weighted by molar-refractivity contribution is 0.142. The molecule has 3 N–H and O–H groups in total. The van der Waals surface area contributed by atoms with Gasteiger partial charge in [-0.25, -0.2) is 23.8 Å². The molecule has 3 amide bonds. The number of methoxy groups -OCH3 is 3. The molecule has 0 radical (unpaired) electrons. The van der Waals surface area contributed by atoms with Crippen LogP contribution in [0.1, 0.15) is 5.82 Å². The van der Waals surface area contributed by atoms with Gasteiger partial charge in [-0.15, -0.1) is 0 Å². The number of hydrogen-bond donors (Lipinski definition) is 3. The van der Waals surface area contributed by atoms with Crippen molar-refractivity contribution in [2.24, 2.45) is 0 Å². The number of hydrogen-bond acceptors (Lipinski definition) is 11. The Kier molecular flexibility index (Phi) is 9.72. The van der Waals surface area contributed by atoms with Crippen LogP contribution in [0.3, 0.4) is 0 Å². The van der Waals surface area contributed by atoms with Crippen LogP contribution in [0.4, 0.5) is 29.7 Å². The minimum atomic E-state index is -0.850. The van der Waals surface area contributed by atoms with Crippen molar-refractivity contribution in [2.75, 3.05) is 70.4 Å². The highest BCUT2D eigenvalue weighted by molar-refractivity contribution is 7.80. The molecule has 2 aromatic rings. The Morgan fingerprint density at radius 1 is 1.10 bits per heavy atom. The zero-order chi connectivity index (χ0) is 29.5. The van der Waals surface area contributed by atoms with Crippen molar-refractivity contribution < 1.29 is 37.3 Å². The number of carbonyl (C=O) groups is 2. The number of nitrogens with zero attached hydrogens (tertiary/aromatic N) is 5. The Morgan fingerprint density at radius 2 is 1.78 bits per heavy atom. The average molecular weight is 597 g/mol. The Morgan fingerprint density at radius 3 is 2.41 bits per heavy atom. The van der Waals surface area contributed by atoms with Crippen LogP contribution in [0.25, 0.3) is 0 Å². The highest BCUT2D eigenvalue weighted by Crippen LogP contribution is 2.31. The number of hydrazine groups is 1. The number of rotatable bonds is 8. The summed E-state index contributed by atoms with van der Waals surface area (Å²) in [6.07, 6.45) is -1.32. The molecule has 2 aliphatic heterocycles. The van der Waals surface area contributed by atoms with Crippen molar-refractivity contribution in [1.82, 2.24) is 31.0 Å². The van der Waals surface area contributed by atoms with E-state index in [0.717, 1.165) is 17.0 Å². The van der Waals surface area contributed by atoms with E-state index in [4.69, 9.17) is 31.2 Å². The molecular weight excluding hydrogens is 566 g/mol. The minimum absolute atomic E-state index is 0.00603. The molecule has 17 heteroatoms. The van der Waals surface area contributed by atoms with E-state index in [2.05, 4.69) is 26.0 Å². The lowest BCUT2D eigenvalue weighted by Crippen LogP contribution is -2.48. The lowest BCUT2D eigenvalue weighted by atomic mass is 10.2. The van der Waals surface area contributed by atoms with Crippen LogP contribution in [0.5, 0.6) is 11.8 Å². The fourth-order valence-electron chi connectivity index (χ4n) is 4.23. The molecular formula is C24H30F2N8O6S. The molecule has 1 aromatic carbocycles. The van der Waals surface area contributed by atoms with Crippen molar-refractivity contribution >= 4 is 40.9 Å². The maximum atomic E-state index is 15.2. The molecule has 14 nitrogen and oxygen atoms in total. The van der Waals surface area contributed by atoms with Gasteiger partial charge >= 0.3 is 12.1 Å². The van der Waals surface area contributed by atoms with Gasteiger partial charge in [0.1, 0.15) is 11.8 Å². The maximum absolute atomic E-state index is 15.2. The van der Waals surface area contributed by atoms with Gasteiger partial charge in [-0.05, 0) is 12.2 Å². The molecule has 222 valence electrons. The Bertz CT molecular complexity index is 1250. The summed E-state index contributed by atoms with van der Waals surface area (Å²) in [5.74, 6) is -0.859. The third-order valence-corrected chi connectivity index (χ3v) is 6.54. The van der Waals surface area contributed by atoms with Gasteiger partial charge < -0.3 is 34.5 Å². The number of cyclic esters (lactones) is 1. The monoisotopic (exact) mass is 596 g/mol. The second-order valence-electron chi connectivity index (χ2n) is 8.82. The van der Waals surface area contributed by atoms with Gasteiger partial charge in [-0.2, -0.15) is 9.97 Å². The standard InChI is InChI=1S/C24H30F2N8O6S/c1-37-19-10-20(38-2)31-18(30-19)12-27-22(35)34-7-6-32(5-4-29-34)21-16(25)8-14(9-17(21)26)33-13-15(40-24(33)36)11-28-23(41)39-3/h8-10,15,29H,4-7,11-13H2,1-3H3,(H,27,35)(H,28,41)/t15-/m0/s1. The molecule has 0 spiro atoms. The number of urea groups is 1. The lowest BCUT2D eigenvalue weighted by Gasteiger charge is -2.25. The second kappa shape index (κ2) is 13.4. The number of anilines is 2. The SMILES string of the molecule is COC(=S)NC[C@H]1CN(c2cc(F)c(N3CCNN(C(=O)NCc4nc(OC)cc(OC)n4)CC3)c(F)c2)C(=O)O1. The Labute approximate surface area is 239 Å². The van der Waals surface area contributed by atoms with Crippen LogP contribution in [0, 0.1) is 11.6 Å². The predicted molar refractivity (Wildman–Crippen MR) is 146 cm³/mol. The Hall–Kier alpha value is -4.25. The van der Waals surface area contributed by atoms with E-state index in [0.29, 0.717) is 0 Å². The van der Waals surface area contributed by atoms with Gasteiger partial charge in [0.2, 0.25) is 11.8 Å². The molecule has 1 atom stereocenters. The summed E-state index contributed by atoms with van der Waals surface area (Å²) in [5.41, 5.74) is 2.71. The van der Waals surface area contributed by atoms with Crippen molar-refractivity contribution in [3.63, 3.8) is 0 Å². The number of thiocarbonyl (C=S) groups is 1. The highest BCUT2D eigenvalue weighted by Gasteiger charge is 2.34. The molecule has 0 unspecified atom stereocenters. The first-order valence-corrected chi connectivity index (χ1v) is 12.9. The van der Waals surface area contributed by atoms with Gasteiger partial charge in [0.05, 0.1) is 59.3 Å². The zero-order valence-corrected chi connectivity index (χ0v) is 23.4. The molecule has 41 heavy (non-hydrogen) atoms. The molecule has 2 saturated heterocycles. The molecule has 4 rings (SSSR count). The molecule has 0 saturated carbocycles. The second-order valence-corrected chi connectivity index (χ2v) is 9.19. The zero-order valence-electron chi connectivity index (χ0n) is 22.6. The number of carbonyl (C=O) groups excluding carboxylic acids is 2. The number of aromatic nitrogens is 2. The number of halogens is 2. The molecule has 0 aliphatic carbocycles. The number of nitrogens with one attached hydrogen (secondary N) is 3. The third kappa shape index (κ3) is 7.29. The smallest absolute Gasteiger partial charge is 0.414 e. The summed E-state index contributed by atoms with van der Waals surface area (Å²) in [6, 6.07) is 3.20. The maximum Gasteiger partial charge on any atom is 0.414 e. The molecule has 1 aromatic heterocycles. The molecule has 3 heterocycles. The van der Waals surface area contributed by atoms with Gasteiger partial charge in [-0.3, -0.25) is 9.91 Å². The molecule has 2 fully saturated rings. The van der Waals surface area contributed by atoms with Crippen LogP contribution in [0.15, 0.2) is 18.2 Å². The first kappa shape index (κ1) is 29.7. The van der Waals surface area contributed by atoms with Gasteiger partial charge in [0.15, 0.2) is 17.5 Å². The van der Waals surface area contributed by atoms with E-state index in [1.165, 1.54) is 37.3 Å². The first-order chi connectivity index (χ1) is 19.7. The average Bonchev–Trinajstić information content (AvgIpc) is 3.17. The van der Waals surface area contributed by atoms with Gasteiger partial charge in [0.25, 0.3) is 5.17 Å². The highest BCUT2D eigenvalue weighted by atomic mass is 32.1. The van der Waals surface area contributed by atoms with Crippen molar-refractivity contribution in [2.45, 2.75) is 12.6 Å². The number of ether oxygens (including phenoxy) is 4. The normalized spacial score (nSPS) is 17.0. The number of benzene rings is 1. The van der Waals surface area contributed by atoms with E-state index in [-0.39, 0.29) is 79.9 Å². The minimum Gasteiger partial charge on any atom is -0.481 e. The summed E-state index contributed by atoms with van der Waals surface area (Å²) >= 11 is 4.90. The van der Waals surface area contributed by atoms with E-state index < -0.39 is 29.9 Å². The van der Waals surface area contributed by atoms with Crippen LogP contribution in [-0.4, -0.2) is 99.0 Å². The van der Waals surface area contributed by atoms with E-state index in [1.54, 1.807) is 0 Å². The number of amides is 3. The summed E-state index contributed by atoms with van der Waals surface area (Å²) in [5, 5.41) is 6.92. The van der Waals surface area contributed by atoms with Gasteiger partial charge in [0, 0.05) is 31.8 Å². The topological polar surface area (TPSA) is 143 Å². The molecule has 2 aliphatic rings. The molecule has 0 bridgehead atoms. The third-order valence-electron chi connectivity index (χ3n) is 6.23. The largest absolute Gasteiger partial charge is 0.481 e. The van der Waals surface area contributed by atoms with E-state index in [9.17, 15) is 9.59 Å². The first-order valence-electron chi connectivity index (χ1n) is 12.5.